The minimum absolute atomic E-state index is 0.0660. The van der Waals surface area contributed by atoms with Crippen molar-refractivity contribution in [2.24, 2.45) is 10.2 Å². The van der Waals surface area contributed by atoms with Gasteiger partial charge in [-0.15, -0.1) is 5.11 Å². The molecule has 3 rings (SSSR count). The zero-order valence-corrected chi connectivity index (χ0v) is 17.1. The van der Waals surface area contributed by atoms with E-state index in [1.54, 1.807) is 13.0 Å². The SMILES string of the molecule is CCCS(=O)(=O)c1ccc(N=Nc2c(N)ccc3c(S(=O)(=O)O)cccc23)cc1. The average molecular weight is 434 g/mol. The van der Waals surface area contributed by atoms with E-state index >= 15 is 0 Å². The van der Waals surface area contributed by atoms with Crippen LogP contribution in [-0.2, 0) is 20.0 Å². The highest BCUT2D eigenvalue weighted by Gasteiger charge is 2.16. The Morgan fingerprint density at radius 2 is 1.59 bits per heavy atom. The van der Waals surface area contributed by atoms with E-state index in [0.29, 0.717) is 17.5 Å². The Morgan fingerprint density at radius 1 is 0.897 bits per heavy atom. The number of nitrogens with zero attached hydrogens (tertiary/aromatic N) is 2. The van der Waals surface area contributed by atoms with Crippen molar-refractivity contribution in [2.45, 2.75) is 23.1 Å². The van der Waals surface area contributed by atoms with Gasteiger partial charge in [0.25, 0.3) is 10.1 Å². The lowest BCUT2D eigenvalue weighted by Crippen LogP contribution is -2.05. The molecule has 0 heterocycles. The lowest BCUT2D eigenvalue weighted by atomic mass is 10.1. The van der Waals surface area contributed by atoms with Crippen molar-refractivity contribution < 1.29 is 21.4 Å². The monoisotopic (exact) mass is 433 g/mol. The van der Waals surface area contributed by atoms with E-state index < -0.39 is 20.0 Å². The maximum atomic E-state index is 12.1. The van der Waals surface area contributed by atoms with E-state index in [4.69, 9.17) is 5.73 Å². The summed E-state index contributed by atoms with van der Waals surface area (Å²) in [6, 6.07) is 13.3. The highest BCUT2D eigenvalue weighted by molar-refractivity contribution is 7.91. The molecule has 0 aliphatic heterocycles. The molecule has 0 aromatic heterocycles. The molecule has 0 saturated carbocycles. The van der Waals surface area contributed by atoms with E-state index in [1.807, 2.05) is 0 Å². The van der Waals surface area contributed by atoms with Gasteiger partial charge in [0, 0.05) is 10.8 Å². The molecule has 0 amide bonds. The van der Waals surface area contributed by atoms with Crippen molar-refractivity contribution >= 4 is 47.8 Å². The predicted molar refractivity (Wildman–Crippen MR) is 111 cm³/mol. The fourth-order valence-corrected chi connectivity index (χ4v) is 4.91. The van der Waals surface area contributed by atoms with Crippen LogP contribution in [0.1, 0.15) is 13.3 Å². The van der Waals surface area contributed by atoms with Crippen LogP contribution in [0.25, 0.3) is 10.8 Å². The van der Waals surface area contributed by atoms with Crippen LogP contribution in [0.2, 0.25) is 0 Å². The first-order valence-corrected chi connectivity index (χ1v) is 11.8. The first kappa shape index (κ1) is 20.9. The third-order valence-corrected chi connectivity index (χ3v) is 7.08. The maximum absolute atomic E-state index is 12.1. The van der Waals surface area contributed by atoms with Crippen molar-refractivity contribution in [1.82, 2.24) is 0 Å². The molecule has 0 aliphatic carbocycles. The molecule has 0 atom stereocenters. The van der Waals surface area contributed by atoms with Crippen LogP contribution in [0.3, 0.4) is 0 Å². The summed E-state index contributed by atoms with van der Waals surface area (Å²) in [5.41, 5.74) is 6.90. The van der Waals surface area contributed by atoms with Gasteiger partial charge in [-0.2, -0.15) is 13.5 Å². The number of fused-ring (bicyclic) bond motifs is 1. The minimum Gasteiger partial charge on any atom is -0.397 e. The molecule has 0 fully saturated rings. The second-order valence-electron chi connectivity index (χ2n) is 6.34. The Hall–Kier alpha value is -2.82. The number of nitrogen functional groups attached to an aromatic ring is 1. The predicted octanol–water partition coefficient (Wildman–Crippen LogP) is 4.27. The Morgan fingerprint density at radius 3 is 2.21 bits per heavy atom. The van der Waals surface area contributed by atoms with Crippen molar-refractivity contribution in [3.63, 3.8) is 0 Å². The molecule has 3 aromatic rings. The third kappa shape index (κ3) is 4.44. The second kappa shape index (κ2) is 7.90. The van der Waals surface area contributed by atoms with Crippen LogP contribution in [0.15, 0.2) is 74.6 Å². The van der Waals surface area contributed by atoms with E-state index in [2.05, 4.69) is 10.2 Å². The number of azo groups is 1. The molecule has 0 spiro atoms. The first-order chi connectivity index (χ1) is 13.6. The van der Waals surface area contributed by atoms with Gasteiger partial charge < -0.3 is 5.73 Å². The molecule has 0 radical (unpaired) electrons. The van der Waals surface area contributed by atoms with Gasteiger partial charge in [-0.3, -0.25) is 4.55 Å². The van der Waals surface area contributed by atoms with Crippen LogP contribution in [-0.4, -0.2) is 27.1 Å². The summed E-state index contributed by atoms with van der Waals surface area (Å²) in [7, 11) is -7.74. The van der Waals surface area contributed by atoms with Crippen molar-refractivity contribution in [1.29, 1.82) is 0 Å². The molecule has 3 aromatic carbocycles. The number of hydrogen-bond donors (Lipinski definition) is 2. The first-order valence-electron chi connectivity index (χ1n) is 8.67. The quantitative estimate of drug-likeness (QED) is 0.338. The lowest BCUT2D eigenvalue weighted by molar-refractivity contribution is 0.484. The molecule has 29 heavy (non-hydrogen) atoms. The normalized spacial score (nSPS) is 12.6. The van der Waals surface area contributed by atoms with Crippen LogP contribution in [0.5, 0.6) is 0 Å². The molecule has 0 saturated heterocycles. The number of sulfone groups is 1. The number of rotatable bonds is 6. The van der Waals surface area contributed by atoms with Gasteiger partial charge in [0.05, 0.1) is 22.0 Å². The molecule has 8 nitrogen and oxygen atoms in total. The topological polar surface area (TPSA) is 139 Å². The van der Waals surface area contributed by atoms with Gasteiger partial charge in [-0.25, -0.2) is 8.42 Å². The highest BCUT2D eigenvalue weighted by Crippen LogP contribution is 2.36. The molecule has 152 valence electrons. The van der Waals surface area contributed by atoms with Gasteiger partial charge >= 0.3 is 0 Å². The fourth-order valence-electron chi connectivity index (χ4n) is 2.88. The van der Waals surface area contributed by atoms with Gasteiger partial charge in [-0.05, 0) is 42.8 Å². The van der Waals surface area contributed by atoms with Crippen molar-refractivity contribution in [3.05, 3.63) is 54.6 Å². The number of hydrogen-bond acceptors (Lipinski definition) is 7. The number of nitrogens with two attached hydrogens (primary N) is 1. The van der Waals surface area contributed by atoms with Gasteiger partial charge in [0.1, 0.15) is 10.6 Å². The maximum Gasteiger partial charge on any atom is 0.295 e. The summed E-state index contributed by atoms with van der Waals surface area (Å²) in [5, 5.41) is 8.89. The molecular weight excluding hydrogens is 414 g/mol. The smallest absolute Gasteiger partial charge is 0.295 e. The third-order valence-electron chi connectivity index (χ3n) is 4.24. The number of anilines is 1. The number of benzene rings is 3. The average Bonchev–Trinajstić information content (AvgIpc) is 2.66. The van der Waals surface area contributed by atoms with E-state index in [1.165, 1.54) is 48.5 Å². The molecule has 10 heteroatoms. The van der Waals surface area contributed by atoms with Gasteiger partial charge in [-0.1, -0.05) is 25.1 Å². The van der Waals surface area contributed by atoms with Crippen LogP contribution in [0.4, 0.5) is 17.1 Å². The van der Waals surface area contributed by atoms with E-state index in [0.717, 1.165) is 0 Å². The van der Waals surface area contributed by atoms with Crippen molar-refractivity contribution in [3.8, 4) is 0 Å². The van der Waals surface area contributed by atoms with Crippen molar-refractivity contribution in [2.75, 3.05) is 11.5 Å². The molecular formula is C19H19N3O5S2. The summed E-state index contributed by atoms with van der Waals surface area (Å²) in [6.07, 6.45) is 0.524. The molecule has 3 N–H and O–H groups in total. The summed E-state index contributed by atoms with van der Waals surface area (Å²) < 4.78 is 56.8. The lowest BCUT2D eigenvalue weighted by Gasteiger charge is -2.08. The van der Waals surface area contributed by atoms with E-state index in [9.17, 15) is 21.4 Å². The summed E-state index contributed by atoms with van der Waals surface area (Å²) in [4.78, 5) is -0.0438. The Labute approximate surface area is 168 Å². The van der Waals surface area contributed by atoms with Crippen LogP contribution >= 0.6 is 0 Å². The fraction of sp³-hybridized carbons (Fsp3) is 0.158. The Bertz CT molecular complexity index is 1300. The largest absolute Gasteiger partial charge is 0.397 e. The zero-order valence-electron chi connectivity index (χ0n) is 15.5. The Balaban J connectivity index is 2.02. The Kier molecular flexibility index (Phi) is 5.69. The molecule has 0 unspecified atom stereocenters. The standard InChI is InChI=1S/C19H19N3O5S2/c1-2-12-28(23,24)14-8-6-13(7-9-14)21-22-19-16-4-3-5-18(29(25,26)27)15(16)10-11-17(19)20/h3-11H,2,12,20H2,1H3,(H,25,26,27). The molecule has 0 aliphatic rings. The minimum atomic E-state index is -4.42. The summed E-state index contributed by atoms with van der Waals surface area (Å²) in [5.74, 6) is 0.0660. The summed E-state index contributed by atoms with van der Waals surface area (Å²) >= 11 is 0. The highest BCUT2D eigenvalue weighted by atomic mass is 32.2. The van der Waals surface area contributed by atoms with Gasteiger partial charge in [0.2, 0.25) is 0 Å². The molecule has 0 bridgehead atoms. The van der Waals surface area contributed by atoms with Crippen LogP contribution < -0.4 is 5.73 Å². The zero-order chi connectivity index (χ0) is 21.2. The summed E-state index contributed by atoms with van der Waals surface area (Å²) in [6.45, 7) is 1.79. The van der Waals surface area contributed by atoms with E-state index in [-0.39, 0.29) is 32.3 Å². The van der Waals surface area contributed by atoms with Crippen LogP contribution in [0, 0.1) is 0 Å². The van der Waals surface area contributed by atoms with Gasteiger partial charge in [0.15, 0.2) is 9.84 Å². The second-order valence-corrected chi connectivity index (χ2v) is 9.84.